The van der Waals surface area contributed by atoms with Crippen molar-refractivity contribution in [2.45, 2.75) is 25.4 Å². The molecule has 0 bridgehead atoms. The number of nitrogens with one attached hydrogen (secondary N) is 1. The summed E-state index contributed by atoms with van der Waals surface area (Å²) in [6.45, 7) is 1.92. The molecule has 1 amide bonds. The van der Waals surface area contributed by atoms with Crippen LogP contribution in [0.3, 0.4) is 0 Å². The first-order valence-electron chi connectivity index (χ1n) is 9.79. The van der Waals surface area contributed by atoms with E-state index in [1.54, 1.807) is 14.2 Å². The van der Waals surface area contributed by atoms with Crippen molar-refractivity contribution in [3.05, 3.63) is 47.5 Å². The van der Waals surface area contributed by atoms with Gasteiger partial charge in [-0.05, 0) is 55.3 Å². The maximum atomic E-state index is 12.6. The van der Waals surface area contributed by atoms with Crippen LogP contribution in [-0.4, -0.2) is 44.9 Å². The number of amides is 1. The number of hydrogen-bond donors (Lipinski definition) is 1. The molecule has 2 aromatic carbocycles. The average molecular weight is 398 g/mol. The van der Waals surface area contributed by atoms with Gasteiger partial charge in [0.1, 0.15) is 11.5 Å². The lowest BCUT2D eigenvalue weighted by molar-refractivity contribution is -0.122. The summed E-state index contributed by atoms with van der Waals surface area (Å²) in [4.78, 5) is 14.8. The molecule has 2 aliphatic heterocycles. The van der Waals surface area contributed by atoms with Crippen molar-refractivity contribution in [3.63, 3.8) is 0 Å². The number of benzene rings is 2. The maximum absolute atomic E-state index is 12.6. The van der Waals surface area contributed by atoms with Crippen molar-refractivity contribution in [2.24, 2.45) is 0 Å². The fourth-order valence-corrected chi connectivity index (χ4v) is 3.96. The number of rotatable bonds is 7. The van der Waals surface area contributed by atoms with Crippen LogP contribution in [0.25, 0.3) is 0 Å². The van der Waals surface area contributed by atoms with Gasteiger partial charge in [-0.1, -0.05) is 6.07 Å². The van der Waals surface area contributed by atoms with Gasteiger partial charge in [0.2, 0.25) is 12.7 Å². The monoisotopic (exact) mass is 398 g/mol. The average Bonchev–Trinajstić information content (AvgIpc) is 3.40. The lowest BCUT2D eigenvalue weighted by atomic mass is 10.0. The Balaban J connectivity index is 1.39. The normalized spacial score (nSPS) is 17.9. The SMILES string of the molecule is COc1ccc(OC)c(C2CCCN2CC(=O)NCc2ccc3c(c2)OCO3)c1. The van der Waals surface area contributed by atoms with Gasteiger partial charge in [0, 0.05) is 18.2 Å². The molecule has 7 nitrogen and oxygen atoms in total. The summed E-state index contributed by atoms with van der Waals surface area (Å²) in [6, 6.07) is 11.7. The summed E-state index contributed by atoms with van der Waals surface area (Å²) in [5, 5.41) is 3.01. The van der Waals surface area contributed by atoms with Crippen LogP contribution < -0.4 is 24.3 Å². The number of carbonyl (C=O) groups excluding carboxylic acids is 1. The van der Waals surface area contributed by atoms with Crippen molar-refractivity contribution in [2.75, 3.05) is 34.1 Å². The second-order valence-electron chi connectivity index (χ2n) is 7.20. The highest BCUT2D eigenvalue weighted by atomic mass is 16.7. The highest BCUT2D eigenvalue weighted by Crippen LogP contribution is 2.38. The van der Waals surface area contributed by atoms with E-state index in [0.717, 1.165) is 53.5 Å². The second-order valence-corrected chi connectivity index (χ2v) is 7.20. The minimum Gasteiger partial charge on any atom is -0.497 e. The third-order valence-corrected chi connectivity index (χ3v) is 5.43. The minimum atomic E-state index is -0.00331. The Morgan fingerprint density at radius 2 is 2.00 bits per heavy atom. The first-order valence-corrected chi connectivity index (χ1v) is 9.79. The van der Waals surface area contributed by atoms with Gasteiger partial charge >= 0.3 is 0 Å². The zero-order chi connectivity index (χ0) is 20.2. The van der Waals surface area contributed by atoms with E-state index in [1.165, 1.54) is 0 Å². The zero-order valence-corrected chi connectivity index (χ0v) is 16.8. The molecule has 1 atom stereocenters. The van der Waals surface area contributed by atoms with E-state index in [9.17, 15) is 4.79 Å². The summed E-state index contributed by atoms with van der Waals surface area (Å²) in [5.74, 6) is 3.08. The fourth-order valence-electron chi connectivity index (χ4n) is 3.96. The number of methoxy groups -OCH3 is 2. The van der Waals surface area contributed by atoms with Crippen LogP contribution >= 0.6 is 0 Å². The van der Waals surface area contributed by atoms with E-state index in [2.05, 4.69) is 10.2 Å². The first kappa shape index (κ1) is 19.4. The molecule has 0 radical (unpaired) electrons. The molecule has 1 unspecified atom stereocenters. The van der Waals surface area contributed by atoms with Crippen LogP contribution in [0.2, 0.25) is 0 Å². The molecular formula is C22H26N2O5. The second kappa shape index (κ2) is 8.61. The van der Waals surface area contributed by atoms with E-state index in [4.69, 9.17) is 18.9 Å². The van der Waals surface area contributed by atoms with Gasteiger partial charge in [0.15, 0.2) is 11.5 Å². The summed E-state index contributed by atoms with van der Waals surface area (Å²) in [5.41, 5.74) is 2.04. The molecule has 2 aromatic rings. The van der Waals surface area contributed by atoms with Crippen LogP contribution in [0.1, 0.15) is 30.0 Å². The predicted molar refractivity (Wildman–Crippen MR) is 108 cm³/mol. The molecule has 0 aliphatic carbocycles. The molecule has 154 valence electrons. The van der Waals surface area contributed by atoms with E-state index >= 15 is 0 Å². The van der Waals surface area contributed by atoms with Crippen molar-refractivity contribution >= 4 is 5.91 Å². The number of nitrogens with zero attached hydrogens (tertiary/aromatic N) is 1. The highest BCUT2D eigenvalue weighted by molar-refractivity contribution is 5.78. The molecule has 1 fully saturated rings. The predicted octanol–water partition coefficient (Wildman–Crippen LogP) is 2.89. The Labute approximate surface area is 170 Å². The Hall–Kier alpha value is -2.93. The Morgan fingerprint density at radius 1 is 1.14 bits per heavy atom. The number of ether oxygens (including phenoxy) is 4. The summed E-state index contributed by atoms with van der Waals surface area (Å²) >= 11 is 0. The maximum Gasteiger partial charge on any atom is 0.234 e. The van der Waals surface area contributed by atoms with Crippen molar-refractivity contribution in [1.82, 2.24) is 10.2 Å². The standard InChI is InChI=1S/C22H26N2O5/c1-26-16-6-8-19(27-2)17(11-16)18-4-3-9-24(18)13-22(25)23-12-15-5-7-20-21(10-15)29-14-28-20/h5-8,10-11,18H,3-4,9,12-14H2,1-2H3,(H,23,25). The molecule has 0 aromatic heterocycles. The molecule has 4 rings (SSSR count). The highest BCUT2D eigenvalue weighted by Gasteiger charge is 2.30. The third kappa shape index (κ3) is 4.24. The Morgan fingerprint density at radius 3 is 2.83 bits per heavy atom. The van der Waals surface area contributed by atoms with Crippen LogP contribution in [0.15, 0.2) is 36.4 Å². The van der Waals surface area contributed by atoms with Gasteiger partial charge in [-0.2, -0.15) is 0 Å². The third-order valence-electron chi connectivity index (χ3n) is 5.43. The topological polar surface area (TPSA) is 69.3 Å². The molecule has 1 saturated heterocycles. The molecule has 2 aliphatic rings. The summed E-state index contributed by atoms with van der Waals surface area (Å²) in [7, 11) is 3.32. The zero-order valence-electron chi connectivity index (χ0n) is 16.8. The van der Waals surface area contributed by atoms with E-state index in [1.807, 2.05) is 36.4 Å². The fraction of sp³-hybridized carbons (Fsp3) is 0.409. The van der Waals surface area contributed by atoms with Crippen molar-refractivity contribution in [1.29, 1.82) is 0 Å². The van der Waals surface area contributed by atoms with E-state index < -0.39 is 0 Å². The van der Waals surface area contributed by atoms with Gasteiger partial charge in [0.05, 0.1) is 20.8 Å². The lowest BCUT2D eigenvalue weighted by Crippen LogP contribution is -2.36. The van der Waals surface area contributed by atoms with Crippen LogP contribution in [0, 0.1) is 0 Å². The Kier molecular flexibility index (Phi) is 5.76. The quantitative estimate of drug-likeness (QED) is 0.774. The summed E-state index contributed by atoms with van der Waals surface area (Å²) < 4.78 is 21.6. The van der Waals surface area contributed by atoms with Crippen LogP contribution in [-0.2, 0) is 11.3 Å². The van der Waals surface area contributed by atoms with E-state index in [0.29, 0.717) is 13.1 Å². The molecule has 7 heteroatoms. The van der Waals surface area contributed by atoms with Gasteiger partial charge < -0.3 is 24.3 Å². The number of carbonyl (C=O) groups is 1. The van der Waals surface area contributed by atoms with Crippen LogP contribution in [0.4, 0.5) is 0 Å². The minimum absolute atomic E-state index is 0.00331. The molecular weight excluding hydrogens is 372 g/mol. The van der Waals surface area contributed by atoms with Gasteiger partial charge in [-0.25, -0.2) is 0 Å². The number of hydrogen-bond acceptors (Lipinski definition) is 6. The molecule has 0 spiro atoms. The number of fused-ring (bicyclic) bond motifs is 1. The molecule has 29 heavy (non-hydrogen) atoms. The van der Waals surface area contributed by atoms with Gasteiger partial charge in [0.25, 0.3) is 0 Å². The Bertz CT molecular complexity index is 886. The van der Waals surface area contributed by atoms with Crippen molar-refractivity contribution < 1.29 is 23.7 Å². The number of likely N-dealkylation sites (tertiary alicyclic amines) is 1. The van der Waals surface area contributed by atoms with Gasteiger partial charge in [-0.3, -0.25) is 9.69 Å². The van der Waals surface area contributed by atoms with Crippen molar-refractivity contribution in [3.8, 4) is 23.0 Å². The van der Waals surface area contributed by atoms with Crippen LogP contribution in [0.5, 0.6) is 23.0 Å². The molecule has 2 heterocycles. The van der Waals surface area contributed by atoms with Gasteiger partial charge in [-0.15, -0.1) is 0 Å². The largest absolute Gasteiger partial charge is 0.497 e. The lowest BCUT2D eigenvalue weighted by Gasteiger charge is -2.26. The smallest absolute Gasteiger partial charge is 0.234 e. The van der Waals surface area contributed by atoms with E-state index in [-0.39, 0.29) is 18.7 Å². The molecule has 0 saturated carbocycles. The molecule has 1 N–H and O–H groups in total. The first-order chi connectivity index (χ1) is 14.2. The summed E-state index contributed by atoms with van der Waals surface area (Å²) in [6.07, 6.45) is 2.03.